The van der Waals surface area contributed by atoms with Gasteiger partial charge in [-0.15, -0.1) is 0 Å². The Bertz CT molecular complexity index is 619. The van der Waals surface area contributed by atoms with Crippen LogP contribution in [0.4, 0.5) is 5.95 Å². The Hall–Kier alpha value is -1.88. The monoisotopic (exact) mass is 301 g/mol. The summed E-state index contributed by atoms with van der Waals surface area (Å²) in [5.41, 5.74) is 1.89. The van der Waals surface area contributed by atoms with Crippen LogP contribution in [0.25, 0.3) is 11.3 Å². The van der Waals surface area contributed by atoms with Gasteiger partial charge in [-0.1, -0.05) is 20.8 Å². The molecule has 1 N–H and O–H groups in total. The van der Waals surface area contributed by atoms with Crippen molar-refractivity contribution in [2.24, 2.45) is 11.3 Å². The molecular weight excluding hydrogens is 278 g/mol. The number of rotatable bonds is 2. The molecule has 0 amide bonds. The molecule has 5 heteroatoms. The second-order valence-corrected chi connectivity index (χ2v) is 7.03. The Balaban J connectivity index is 1.78. The van der Waals surface area contributed by atoms with Gasteiger partial charge < -0.3 is 14.4 Å². The molecule has 3 rings (SSSR count). The molecule has 0 radical (unpaired) electrons. The van der Waals surface area contributed by atoms with E-state index < -0.39 is 0 Å². The highest BCUT2D eigenvalue weighted by Crippen LogP contribution is 2.35. The minimum absolute atomic E-state index is 0.116. The lowest BCUT2D eigenvalue weighted by molar-refractivity contribution is 0.0290. The molecule has 1 aliphatic rings. The van der Waals surface area contributed by atoms with Crippen molar-refractivity contribution in [3.63, 3.8) is 0 Å². The Morgan fingerprint density at radius 1 is 1.32 bits per heavy atom. The largest absolute Gasteiger partial charge is 0.472 e. The van der Waals surface area contributed by atoms with Crippen LogP contribution in [0.15, 0.2) is 35.3 Å². The second kappa shape index (κ2) is 5.72. The van der Waals surface area contributed by atoms with Crippen molar-refractivity contribution >= 4 is 5.95 Å². The number of hydrogen-bond donors (Lipinski definition) is 1. The summed E-state index contributed by atoms with van der Waals surface area (Å²) in [4.78, 5) is 11.0. The Morgan fingerprint density at radius 2 is 2.14 bits per heavy atom. The van der Waals surface area contributed by atoms with Crippen LogP contribution in [-0.2, 0) is 0 Å². The molecule has 0 spiro atoms. The molecule has 1 fully saturated rings. The molecule has 1 saturated heterocycles. The Labute approximate surface area is 131 Å². The lowest BCUT2D eigenvalue weighted by Gasteiger charge is -2.42. The van der Waals surface area contributed by atoms with Crippen LogP contribution in [0.2, 0.25) is 0 Å². The molecule has 0 saturated carbocycles. The highest BCUT2D eigenvalue weighted by atomic mass is 16.3. The fourth-order valence-corrected chi connectivity index (χ4v) is 3.20. The maximum atomic E-state index is 10.5. The molecule has 0 bridgehead atoms. The Morgan fingerprint density at radius 3 is 2.77 bits per heavy atom. The van der Waals surface area contributed by atoms with Crippen molar-refractivity contribution in [2.75, 3.05) is 18.0 Å². The van der Waals surface area contributed by atoms with Gasteiger partial charge in [0.1, 0.15) is 0 Å². The van der Waals surface area contributed by atoms with Gasteiger partial charge in [-0.2, -0.15) is 0 Å². The van der Waals surface area contributed by atoms with E-state index in [1.165, 1.54) is 0 Å². The predicted octanol–water partition coefficient (Wildman–Crippen LogP) is 2.97. The van der Waals surface area contributed by atoms with Gasteiger partial charge in [0.15, 0.2) is 0 Å². The number of anilines is 1. The minimum atomic E-state index is -0.352. The normalized spacial score (nSPS) is 22.8. The molecular formula is C17H23N3O2. The number of aromatic nitrogens is 2. The van der Waals surface area contributed by atoms with Crippen LogP contribution < -0.4 is 4.90 Å². The van der Waals surface area contributed by atoms with Crippen LogP contribution in [0.3, 0.4) is 0 Å². The number of piperidine rings is 1. The van der Waals surface area contributed by atoms with Gasteiger partial charge in [0.25, 0.3) is 0 Å². The quantitative estimate of drug-likeness (QED) is 0.924. The molecule has 2 aromatic rings. The minimum Gasteiger partial charge on any atom is -0.472 e. The van der Waals surface area contributed by atoms with E-state index in [2.05, 4.69) is 35.6 Å². The van der Waals surface area contributed by atoms with Crippen molar-refractivity contribution < 1.29 is 9.52 Å². The Kier molecular flexibility index (Phi) is 3.91. The van der Waals surface area contributed by atoms with Gasteiger partial charge in [0.2, 0.25) is 5.95 Å². The van der Waals surface area contributed by atoms with E-state index in [-0.39, 0.29) is 11.5 Å². The van der Waals surface area contributed by atoms with Gasteiger partial charge >= 0.3 is 0 Å². The number of aliphatic hydroxyl groups is 1. The first-order valence-corrected chi connectivity index (χ1v) is 7.74. The standard InChI is InChI=1S/C17H23N3O2/c1-17(2,3)13-5-8-20(10-15(13)21)16-18-7-4-14(19-16)12-6-9-22-11-12/h4,6-7,9,11,13,15,21H,5,8,10H2,1-3H3/t13-,15-/m1/s1. The van der Waals surface area contributed by atoms with Gasteiger partial charge in [0, 0.05) is 24.8 Å². The summed E-state index contributed by atoms with van der Waals surface area (Å²) in [5, 5.41) is 10.5. The topological polar surface area (TPSA) is 62.4 Å². The van der Waals surface area contributed by atoms with Crippen LogP contribution >= 0.6 is 0 Å². The second-order valence-electron chi connectivity index (χ2n) is 7.03. The van der Waals surface area contributed by atoms with Crippen molar-refractivity contribution in [2.45, 2.75) is 33.3 Å². The van der Waals surface area contributed by atoms with Crippen LogP contribution in [-0.4, -0.2) is 34.3 Å². The lowest BCUT2D eigenvalue weighted by Crippen LogP contribution is -2.48. The van der Waals surface area contributed by atoms with Crippen molar-refractivity contribution in [3.05, 3.63) is 30.9 Å². The molecule has 2 atom stereocenters. The zero-order valence-corrected chi connectivity index (χ0v) is 13.4. The van der Waals surface area contributed by atoms with Crippen LogP contribution in [0.1, 0.15) is 27.2 Å². The fourth-order valence-electron chi connectivity index (χ4n) is 3.20. The summed E-state index contributed by atoms with van der Waals surface area (Å²) in [6.07, 6.45) is 5.66. The van der Waals surface area contributed by atoms with Crippen molar-refractivity contribution in [3.8, 4) is 11.3 Å². The number of furan rings is 1. The van der Waals surface area contributed by atoms with E-state index >= 15 is 0 Å². The summed E-state index contributed by atoms with van der Waals surface area (Å²) in [5.74, 6) is 0.978. The van der Waals surface area contributed by atoms with Crippen molar-refractivity contribution in [1.29, 1.82) is 0 Å². The summed E-state index contributed by atoms with van der Waals surface area (Å²) in [6.45, 7) is 8.01. The molecule has 5 nitrogen and oxygen atoms in total. The molecule has 2 aromatic heterocycles. The predicted molar refractivity (Wildman–Crippen MR) is 85.5 cm³/mol. The SMILES string of the molecule is CC(C)(C)[C@@H]1CCN(c2nccc(-c3ccoc3)n2)C[C@H]1O. The first kappa shape index (κ1) is 15.0. The first-order chi connectivity index (χ1) is 10.4. The lowest BCUT2D eigenvalue weighted by atomic mass is 9.74. The van der Waals surface area contributed by atoms with Gasteiger partial charge in [-0.25, -0.2) is 9.97 Å². The number of nitrogens with zero attached hydrogens (tertiary/aromatic N) is 3. The van der Waals surface area contributed by atoms with E-state index in [4.69, 9.17) is 4.42 Å². The molecule has 0 aliphatic carbocycles. The zero-order valence-electron chi connectivity index (χ0n) is 13.4. The van der Waals surface area contributed by atoms with Gasteiger partial charge in [-0.05, 0) is 29.9 Å². The van der Waals surface area contributed by atoms with E-state index in [0.29, 0.717) is 18.4 Å². The van der Waals surface area contributed by atoms with E-state index in [9.17, 15) is 5.11 Å². The zero-order chi connectivity index (χ0) is 15.7. The molecule has 118 valence electrons. The molecule has 3 heterocycles. The third-order valence-electron chi connectivity index (χ3n) is 4.44. The summed E-state index contributed by atoms with van der Waals surface area (Å²) >= 11 is 0. The first-order valence-electron chi connectivity index (χ1n) is 7.74. The maximum Gasteiger partial charge on any atom is 0.225 e. The average molecular weight is 301 g/mol. The van der Waals surface area contributed by atoms with Gasteiger partial charge in [0.05, 0.1) is 24.3 Å². The maximum absolute atomic E-state index is 10.5. The summed E-state index contributed by atoms with van der Waals surface area (Å²) in [6, 6.07) is 3.75. The van der Waals surface area contributed by atoms with E-state index in [1.54, 1.807) is 18.7 Å². The van der Waals surface area contributed by atoms with Crippen LogP contribution in [0.5, 0.6) is 0 Å². The van der Waals surface area contributed by atoms with Crippen LogP contribution in [0, 0.1) is 11.3 Å². The van der Waals surface area contributed by atoms with E-state index in [0.717, 1.165) is 24.2 Å². The third-order valence-corrected chi connectivity index (χ3v) is 4.44. The molecule has 22 heavy (non-hydrogen) atoms. The van der Waals surface area contributed by atoms with E-state index in [1.807, 2.05) is 12.1 Å². The third kappa shape index (κ3) is 2.99. The smallest absolute Gasteiger partial charge is 0.225 e. The molecule has 0 aromatic carbocycles. The molecule has 0 unspecified atom stereocenters. The average Bonchev–Trinajstić information content (AvgIpc) is 3.00. The van der Waals surface area contributed by atoms with Gasteiger partial charge in [-0.3, -0.25) is 0 Å². The molecule has 1 aliphatic heterocycles. The number of β-amino-alcohol motifs (C(OH)–C–C–N with tert-alkyl or cyclic N) is 1. The van der Waals surface area contributed by atoms with Crippen molar-refractivity contribution in [1.82, 2.24) is 9.97 Å². The fraction of sp³-hybridized carbons (Fsp3) is 0.529. The summed E-state index contributed by atoms with van der Waals surface area (Å²) < 4.78 is 5.11. The summed E-state index contributed by atoms with van der Waals surface area (Å²) in [7, 11) is 0. The highest BCUT2D eigenvalue weighted by Gasteiger charge is 2.36. The number of hydrogen-bond acceptors (Lipinski definition) is 5. The number of aliphatic hydroxyl groups excluding tert-OH is 1. The highest BCUT2D eigenvalue weighted by molar-refractivity contribution is 5.58.